The van der Waals surface area contributed by atoms with E-state index in [4.69, 9.17) is 15.2 Å². The number of methoxy groups -OCH3 is 1. The van der Waals surface area contributed by atoms with Crippen molar-refractivity contribution in [2.24, 2.45) is 0 Å². The summed E-state index contributed by atoms with van der Waals surface area (Å²) < 4.78 is 11.8. The van der Waals surface area contributed by atoms with Gasteiger partial charge in [0.15, 0.2) is 5.82 Å². The van der Waals surface area contributed by atoms with Crippen LogP contribution in [0.3, 0.4) is 0 Å². The quantitative estimate of drug-likeness (QED) is 0.677. The number of ether oxygens (including phenoxy) is 2. The fraction of sp³-hybridized carbons (Fsp3) is 0.0588. The zero-order valence-electron chi connectivity index (χ0n) is 12.9. The zero-order chi connectivity index (χ0) is 16.9. The van der Waals surface area contributed by atoms with Crippen molar-refractivity contribution in [3.8, 4) is 17.4 Å². The second-order valence-electron chi connectivity index (χ2n) is 4.85. The summed E-state index contributed by atoms with van der Waals surface area (Å²) in [5, 5.41) is 3.15. The first-order valence-corrected chi connectivity index (χ1v) is 7.90. The number of benzene rings is 2. The monoisotopic (exact) mass is 386 g/mol. The molecule has 0 bridgehead atoms. The van der Waals surface area contributed by atoms with Gasteiger partial charge in [-0.05, 0) is 48.5 Å². The fourth-order valence-electron chi connectivity index (χ4n) is 1.99. The number of nitrogens with zero attached hydrogens (tertiary/aromatic N) is 2. The maximum absolute atomic E-state index is 6.12. The van der Waals surface area contributed by atoms with Gasteiger partial charge in [-0.25, -0.2) is 4.98 Å². The molecule has 0 amide bonds. The molecule has 1 aromatic heterocycles. The average molecular weight is 387 g/mol. The molecular weight excluding hydrogens is 372 g/mol. The van der Waals surface area contributed by atoms with Crippen LogP contribution in [0.4, 0.5) is 17.2 Å². The van der Waals surface area contributed by atoms with Crippen LogP contribution in [0.2, 0.25) is 0 Å². The minimum Gasteiger partial charge on any atom is -0.497 e. The van der Waals surface area contributed by atoms with Gasteiger partial charge in [-0.2, -0.15) is 4.98 Å². The average Bonchev–Trinajstić information content (AvgIpc) is 2.61. The van der Waals surface area contributed by atoms with E-state index in [0.717, 1.165) is 15.9 Å². The number of nitrogens with two attached hydrogens (primary N) is 1. The van der Waals surface area contributed by atoms with Gasteiger partial charge in [0, 0.05) is 10.2 Å². The lowest BCUT2D eigenvalue weighted by Gasteiger charge is -2.12. The van der Waals surface area contributed by atoms with Gasteiger partial charge >= 0.3 is 0 Å². The highest BCUT2D eigenvalue weighted by Gasteiger charge is 2.11. The number of nitrogen functional groups attached to an aromatic ring is 1. The molecule has 0 aliphatic heterocycles. The normalized spacial score (nSPS) is 10.2. The Morgan fingerprint density at radius 1 is 0.958 bits per heavy atom. The molecule has 0 saturated carbocycles. The van der Waals surface area contributed by atoms with Crippen molar-refractivity contribution >= 4 is 33.1 Å². The molecule has 0 aliphatic carbocycles. The number of anilines is 3. The van der Waals surface area contributed by atoms with Crippen LogP contribution in [-0.2, 0) is 0 Å². The van der Waals surface area contributed by atoms with Gasteiger partial charge in [0.05, 0.1) is 7.11 Å². The van der Waals surface area contributed by atoms with Crippen LogP contribution in [0.1, 0.15) is 0 Å². The lowest BCUT2D eigenvalue weighted by atomic mass is 10.3. The van der Waals surface area contributed by atoms with E-state index in [1.54, 1.807) is 31.4 Å². The van der Waals surface area contributed by atoms with E-state index < -0.39 is 0 Å². The Balaban J connectivity index is 1.80. The summed E-state index contributed by atoms with van der Waals surface area (Å²) in [7, 11) is 1.61. The minimum atomic E-state index is 0.287. The van der Waals surface area contributed by atoms with Gasteiger partial charge in [0.2, 0.25) is 5.88 Å². The highest BCUT2D eigenvalue weighted by molar-refractivity contribution is 9.10. The Morgan fingerprint density at radius 3 is 2.29 bits per heavy atom. The van der Waals surface area contributed by atoms with Crippen LogP contribution >= 0.6 is 15.9 Å². The summed E-state index contributed by atoms with van der Waals surface area (Å²) in [6.07, 6.45) is 1.40. The number of nitrogens with one attached hydrogen (secondary N) is 1. The molecule has 3 aromatic rings. The summed E-state index contributed by atoms with van der Waals surface area (Å²) in [6.45, 7) is 0. The molecule has 0 fully saturated rings. The van der Waals surface area contributed by atoms with Crippen molar-refractivity contribution in [1.29, 1.82) is 0 Å². The van der Waals surface area contributed by atoms with Gasteiger partial charge in [-0.15, -0.1) is 0 Å². The minimum absolute atomic E-state index is 0.287. The molecule has 3 N–H and O–H groups in total. The van der Waals surface area contributed by atoms with Crippen molar-refractivity contribution < 1.29 is 9.47 Å². The van der Waals surface area contributed by atoms with Gasteiger partial charge < -0.3 is 20.5 Å². The summed E-state index contributed by atoms with van der Waals surface area (Å²) in [5.74, 6) is 2.12. The third kappa shape index (κ3) is 3.75. The standard InChI is InChI=1S/C17H15BrN4O2/c1-23-13-6-8-14(9-7-13)24-17-15(19)16(20-10-21-17)22-12-4-2-11(18)3-5-12/h2-10H,19H2,1H3,(H,20,21,22). The van der Waals surface area contributed by atoms with Gasteiger partial charge in [0.25, 0.3) is 0 Å². The lowest BCUT2D eigenvalue weighted by Crippen LogP contribution is -2.03. The topological polar surface area (TPSA) is 82.3 Å². The summed E-state index contributed by atoms with van der Waals surface area (Å²) in [6, 6.07) is 14.8. The number of hydrogen-bond acceptors (Lipinski definition) is 6. The van der Waals surface area contributed by atoms with Gasteiger partial charge in [-0.1, -0.05) is 15.9 Å². The summed E-state index contributed by atoms with van der Waals surface area (Å²) >= 11 is 3.40. The van der Waals surface area contributed by atoms with Crippen molar-refractivity contribution in [2.75, 3.05) is 18.2 Å². The molecule has 24 heavy (non-hydrogen) atoms. The van der Waals surface area contributed by atoms with Gasteiger partial charge in [0.1, 0.15) is 23.5 Å². The third-order valence-corrected chi connectivity index (χ3v) is 3.76. The molecule has 7 heteroatoms. The SMILES string of the molecule is COc1ccc(Oc2ncnc(Nc3ccc(Br)cc3)c2N)cc1. The van der Waals surface area contributed by atoms with Gasteiger partial charge in [-0.3, -0.25) is 0 Å². The van der Waals surface area contributed by atoms with Crippen LogP contribution in [0.15, 0.2) is 59.3 Å². The molecule has 0 radical (unpaired) electrons. The molecule has 1 heterocycles. The predicted octanol–water partition coefficient (Wildman–Crippen LogP) is 4.37. The number of halogens is 1. The third-order valence-electron chi connectivity index (χ3n) is 3.23. The van der Waals surface area contributed by atoms with Crippen LogP contribution in [-0.4, -0.2) is 17.1 Å². The Labute approximate surface area is 147 Å². The predicted molar refractivity (Wildman–Crippen MR) is 96.9 cm³/mol. The van der Waals surface area contributed by atoms with Crippen molar-refractivity contribution in [3.05, 3.63) is 59.3 Å². The fourth-order valence-corrected chi connectivity index (χ4v) is 2.25. The van der Waals surface area contributed by atoms with E-state index in [-0.39, 0.29) is 5.88 Å². The first kappa shape index (κ1) is 16.1. The Morgan fingerprint density at radius 2 is 1.62 bits per heavy atom. The van der Waals surface area contributed by atoms with Crippen molar-refractivity contribution in [2.45, 2.75) is 0 Å². The first-order valence-electron chi connectivity index (χ1n) is 7.10. The number of hydrogen-bond donors (Lipinski definition) is 2. The molecule has 0 saturated heterocycles. The van der Waals surface area contributed by atoms with E-state index in [9.17, 15) is 0 Å². The van der Waals surface area contributed by atoms with Crippen LogP contribution < -0.4 is 20.5 Å². The number of aromatic nitrogens is 2. The second kappa shape index (κ2) is 7.18. The van der Waals surface area contributed by atoms with E-state index in [1.807, 2.05) is 24.3 Å². The van der Waals surface area contributed by atoms with E-state index in [0.29, 0.717) is 17.3 Å². The summed E-state index contributed by atoms with van der Waals surface area (Å²) in [4.78, 5) is 8.26. The zero-order valence-corrected chi connectivity index (χ0v) is 14.4. The first-order chi connectivity index (χ1) is 11.7. The van der Waals surface area contributed by atoms with E-state index in [1.165, 1.54) is 6.33 Å². The molecular formula is C17H15BrN4O2. The molecule has 2 aromatic carbocycles. The van der Waals surface area contributed by atoms with E-state index >= 15 is 0 Å². The largest absolute Gasteiger partial charge is 0.497 e. The number of rotatable bonds is 5. The van der Waals surface area contributed by atoms with Crippen molar-refractivity contribution in [3.63, 3.8) is 0 Å². The maximum atomic E-state index is 6.12. The molecule has 6 nitrogen and oxygen atoms in total. The Hall–Kier alpha value is -2.80. The molecule has 0 unspecified atom stereocenters. The smallest absolute Gasteiger partial charge is 0.248 e. The Kier molecular flexibility index (Phi) is 4.81. The van der Waals surface area contributed by atoms with Crippen LogP contribution in [0.5, 0.6) is 17.4 Å². The molecule has 0 atom stereocenters. The van der Waals surface area contributed by atoms with Crippen LogP contribution in [0, 0.1) is 0 Å². The van der Waals surface area contributed by atoms with Crippen molar-refractivity contribution in [1.82, 2.24) is 9.97 Å². The Bertz CT molecular complexity index is 823. The highest BCUT2D eigenvalue weighted by atomic mass is 79.9. The maximum Gasteiger partial charge on any atom is 0.248 e. The second-order valence-corrected chi connectivity index (χ2v) is 5.77. The summed E-state index contributed by atoms with van der Waals surface area (Å²) in [5.41, 5.74) is 7.31. The molecule has 122 valence electrons. The molecule has 3 rings (SSSR count). The molecule has 0 aliphatic rings. The highest BCUT2D eigenvalue weighted by Crippen LogP contribution is 2.31. The molecule has 0 spiro atoms. The lowest BCUT2D eigenvalue weighted by molar-refractivity contribution is 0.412. The van der Waals surface area contributed by atoms with E-state index in [2.05, 4.69) is 31.2 Å². The van der Waals surface area contributed by atoms with Crippen LogP contribution in [0.25, 0.3) is 0 Å².